The Bertz CT molecular complexity index is 1110. The normalized spacial score (nSPS) is 16.5. The van der Waals surface area contributed by atoms with Gasteiger partial charge in [-0.25, -0.2) is 4.79 Å². The zero-order valence-corrected chi connectivity index (χ0v) is 18.2. The van der Waals surface area contributed by atoms with Crippen LogP contribution < -0.4 is 10.9 Å². The number of H-pyrrole nitrogens is 1. The highest BCUT2D eigenvalue weighted by atomic mass is 16.2. The van der Waals surface area contributed by atoms with Crippen LogP contribution >= 0.6 is 0 Å². The number of amides is 2. The van der Waals surface area contributed by atoms with Gasteiger partial charge in [0.25, 0.3) is 5.56 Å². The fourth-order valence-electron chi connectivity index (χ4n) is 4.41. The number of anilines is 1. The Labute approximate surface area is 182 Å². The van der Waals surface area contributed by atoms with Crippen LogP contribution in [0.15, 0.2) is 59.4 Å². The third-order valence-electron chi connectivity index (χ3n) is 6.09. The van der Waals surface area contributed by atoms with Gasteiger partial charge >= 0.3 is 6.03 Å². The number of likely N-dealkylation sites (tertiary alicyclic amines) is 1. The lowest BCUT2D eigenvalue weighted by atomic mass is 10.1. The van der Waals surface area contributed by atoms with Crippen molar-refractivity contribution in [2.45, 2.75) is 39.3 Å². The zero-order valence-electron chi connectivity index (χ0n) is 18.2. The molecule has 6 nitrogen and oxygen atoms in total. The Kier molecular flexibility index (Phi) is 6.37. The van der Waals surface area contributed by atoms with Crippen molar-refractivity contribution in [3.8, 4) is 0 Å². The average Bonchev–Trinajstić information content (AvgIpc) is 3.22. The number of aromatic nitrogens is 1. The van der Waals surface area contributed by atoms with Gasteiger partial charge in [0.1, 0.15) is 0 Å². The molecule has 1 aromatic heterocycles. The second kappa shape index (κ2) is 9.35. The number of benzene rings is 2. The first-order valence-corrected chi connectivity index (χ1v) is 11.0. The van der Waals surface area contributed by atoms with E-state index in [1.54, 1.807) is 4.90 Å². The van der Waals surface area contributed by atoms with E-state index in [4.69, 9.17) is 0 Å². The van der Waals surface area contributed by atoms with Gasteiger partial charge in [-0.2, -0.15) is 0 Å². The van der Waals surface area contributed by atoms with Crippen molar-refractivity contribution >= 4 is 22.6 Å². The van der Waals surface area contributed by atoms with E-state index in [2.05, 4.69) is 28.2 Å². The maximum absolute atomic E-state index is 13.2. The number of likely N-dealkylation sites (N-methyl/N-ethyl adjacent to an activating group) is 1. The van der Waals surface area contributed by atoms with Crippen LogP contribution in [-0.2, 0) is 6.54 Å². The van der Waals surface area contributed by atoms with Crippen LogP contribution in [0, 0.1) is 6.92 Å². The molecule has 162 valence electrons. The molecule has 0 unspecified atom stereocenters. The lowest BCUT2D eigenvalue weighted by molar-refractivity contribution is 0.174. The van der Waals surface area contributed by atoms with Gasteiger partial charge in [-0.1, -0.05) is 36.8 Å². The lowest BCUT2D eigenvalue weighted by Gasteiger charge is -2.30. The van der Waals surface area contributed by atoms with Crippen LogP contribution in [0.1, 0.15) is 30.9 Å². The number of aromatic amines is 1. The molecule has 1 fully saturated rings. The van der Waals surface area contributed by atoms with Gasteiger partial charge in [-0.15, -0.1) is 0 Å². The molecule has 0 radical (unpaired) electrons. The average molecular weight is 419 g/mol. The molecule has 6 heteroatoms. The molecule has 2 N–H and O–H groups in total. The number of para-hydroxylation sites is 1. The highest BCUT2D eigenvalue weighted by Gasteiger charge is 2.27. The number of aryl methyl sites for hydroxylation is 1. The number of carbonyl (C=O) groups excluding carboxylic acids is 1. The Hall–Kier alpha value is -3.12. The van der Waals surface area contributed by atoms with Gasteiger partial charge in [0.15, 0.2) is 0 Å². The van der Waals surface area contributed by atoms with Crippen molar-refractivity contribution in [2.24, 2.45) is 0 Å². The van der Waals surface area contributed by atoms with Crippen molar-refractivity contribution < 1.29 is 4.79 Å². The number of nitrogens with one attached hydrogen (secondary N) is 2. The molecule has 0 bridgehead atoms. The van der Waals surface area contributed by atoms with Crippen LogP contribution in [0.25, 0.3) is 10.9 Å². The molecule has 31 heavy (non-hydrogen) atoms. The summed E-state index contributed by atoms with van der Waals surface area (Å²) in [6, 6.07) is 17.5. The molecule has 3 aromatic rings. The first-order chi connectivity index (χ1) is 15.0. The summed E-state index contributed by atoms with van der Waals surface area (Å²) in [5.41, 5.74) is 3.15. The summed E-state index contributed by atoms with van der Waals surface area (Å²) in [5.74, 6) is 0. The van der Waals surface area contributed by atoms with Crippen molar-refractivity contribution in [3.63, 3.8) is 0 Å². The third-order valence-corrected chi connectivity index (χ3v) is 6.09. The van der Waals surface area contributed by atoms with Gasteiger partial charge in [0.05, 0.1) is 6.54 Å². The van der Waals surface area contributed by atoms with E-state index < -0.39 is 0 Å². The maximum Gasteiger partial charge on any atom is 0.322 e. The van der Waals surface area contributed by atoms with E-state index in [-0.39, 0.29) is 18.1 Å². The predicted octanol–water partition coefficient (Wildman–Crippen LogP) is 4.35. The molecule has 1 aliphatic rings. The van der Waals surface area contributed by atoms with Gasteiger partial charge in [0, 0.05) is 29.4 Å². The topological polar surface area (TPSA) is 68.4 Å². The number of nitrogens with zero attached hydrogens (tertiary/aromatic N) is 2. The Morgan fingerprint density at radius 1 is 1.19 bits per heavy atom. The number of fused-ring (bicyclic) bond motifs is 1. The third kappa shape index (κ3) is 4.97. The first-order valence-electron chi connectivity index (χ1n) is 11.0. The van der Waals surface area contributed by atoms with E-state index in [0.29, 0.717) is 18.2 Å². The van der Waals surface area contributed by atoms with Crippen molar-refractivity contribution in [3.05, 3.63) is 76.1 Å². The van der Waals surface area contributed by atoms with Crippen LogP contribution in [0.4, 0.5) is 10.5 Å². The summed E-state index contributed by atoms with van der Waals surface area (Å²) < 4.78 is 0. The van der Waals surface area contributed by atoms with Crippen molar-refractivity contribution in [2.75, 3.05) is 25.0 Å². The predicted molar refractivity (Wildman–Crippen MR) is 125 cm³/mol. The van der Waals surface area contributed by atoms with Gasteiger partial charge in [0.2, 0.25) is 0 Å². The summed E-state index contributed by atoms with van der Waals surface area (Å²) in [6.07, 6.45) is 2.21. The van der Waals surface area contributed by atoms with Crippen LogP contribution in [0.2, 0.25) is 0 Å². The minimum Gasteiger partial charge on any atom is -0.322 e. The fraction of sp³-hybridized carbons (Fsp3) is 0.360. The molecule has 2 heterocycles. The number of hydrogen-bond donors (Lipinski definition) is 2. The Balaban J connectivity index is 1.61. The highest BCUT2D eigenvalue weighted by molar-refractivity contribution is 5.89. The summed E-state index contributed by atoms with van der Waals surface area (Å²) >= 11 is 0. The SMILES string of the molecule is CCN1CCC[C@@H]1CN(Cc1cc2cc(C)ccc2[nH]c1=O)C(=O)Nc1ccccc1. The minimum absolute atomic E-state index is 0.146. The molecule has 4 rings (SSSR count). The minimum atomic E-state index is -0.183. The molecule has 0 spiro atoms. The van der Waals surface area contributed by atoms with Crippen LogP contribution in [-0.4, -0.2) is 46.5 Å². The van der Waals surface area contributed by atoms with E-state index in [0.717, 1.165) is 48.1 Å². The molecule has 2 amide bonds. The van der Waals surface area contributed by atoms with E-state index >= 15 is 0 Å². The molecular formula is C25H30N4O2. The summed E-state index contributed by atoms with van der Waals surface area (Å²) in [5, 5.41) is 3.97. The number of carbonyl (C=O) groups is 1. The first kappa shape index (κ1) is 21.1. The smallest absolute Gasteiger partial charge is 0.322 e. The summed E-state index contributed by atoms with van der Waals surface area (Å²) in [6.45, 7) is 7.08. The highest BCUT2D eigenvalue weighted by Crippen LogP contribution is 2.20. The van der Waals surface area contributed by atoms with Gasteiger partial charge in [-0.3, -0.25) is 9.69 Å². The number of urea groups is 1. The standard InChI is InChI=1S/C25H30N4O2/c1-3-28-13-7-10-22(28)17-29(25(31)26-21-8-5-4-6-9-21)16-20-15-19-14-18(2)11-12-23(19)27-24(20)30/h4-6,8-9,11-12,14-15,22H,3,7,10,13,16-17H2,1-2H3,(H,26,31)(H,27,30)/t22-/m1/s1. The summed E-state index contributed by atoms with van der Waals surface area (Å²) in [7, 11) is 0. The molecule has 1 atom stereocenters. The van der Waals surface area contributed by atoms with Gasteiger partial charge < -0.3 is 15.2 Å². The van der Waals surface area contributed by atoms with Crippen molar-refractivity contribution in [1.82, 2.24) is 14.8 Å². The largest absolute Gasteiger partial charge is 0.322 e. The molecule has 0 saturated carbocycles. The van der Waals surface area contributed by atoms with E-state index in [1.807, 2.05) is 55.5 Å². The monoisotopic (exact) mass is 418 g/mol. The molecule has 1 saturated heterocycles. The molecule has 1 aliphatic heterocycles. The lowest BCUT2D eigenvalue weighted by Crippen LogP contribution is -2.45. The second-order valence-electron chi connectivity index (χ2n) is 8.32. The second-order valence-corrected chi connectivity index (χ2v) is 8.32. The number of hydrogen-bond acceptors (Lipinski definition) is 3. The van der Waals surface area contributed by atoms with E-state index in [9.17, 15) is 9.59 Å². The molecular weight excluding hydrogens is 388 g/mol. The summed E-state index contributed by atoms with van der Waals surface area (Å²) in [4.78, 5) is 33.1. The maximum atomic E-state index is 13.2. The molecule has 2 aromatic carbocycles. The fourth-order valence-corrected chi connectivity index (χ4v) is 4.41. The van der Waals surface area contributed by atoms with Crippen molar-refractivity contribution in [1.29, 1.82) is 0 Å². The number of rotatable bonds is 6. The van der Waals surface area contributed by atoms with Crippen LogP contribution in [0.5, 0.6) is 0 Å². The molecule has 0 aliphatic carbocycles. The number of pyridine rings is 1. The Morgan fingerprint density at radius 3 is 2.77 bits per heavy atom. The van der Waals surface area contributed by atoms with Gasteiger partial charge in [-0.05, 0) is 68.6 Å². The van der Waals surface area contributed by atoms with E-state index in [1.165, 1.54) is 0 Å². The van der Waals surface area contributed by atoms with Crippen LogP contribution in [0.3, 0.4) is 0 Å². The zero-order chi connectivity index (χ0) is 21.8. The quantitative estimate of drug-likeness (QED) is 0.625. The Morgan fingerprint density at radius 2 is 2.00 bits per heavy atom.